The first-order chi connectivity index (χ1) is 8.78. The fraction of sp³-hybridized carbons (Fsp3) is 1.00. The average molecular weight is 253 g/mol. The van der Waals surface area contributed by atoms with Crippen LogP contribution < -0.4 is 5.32 Å². The van der Waals surface area contributed by atoms with Crippen LogP contribution in [0.2, 0.25) is 0 Å². The first kappa shape index (κ1) is 14.3. The maximum atomic E-state index is 5.69. The maximum Gasteiger partial charge on any atom is 0.0802 e. The third kappa shape index (κ3) is 3.71. The van der Waals surface area contributed by atoms with E-state index in [0.717, 1.165) is 18.5 Å². The molecule has 2 fully saturated rings. The fourth-order valence-electron chi connectivity index (χ4n) is 3.63. The molecule has 2 aliphatic rings. The van der Waals surface area contributed by atoms with Gasteiger partial charge in [0.25, 0.3) is 0 Å². The Kier molecular flexibility index (Phi) is 5.50. The summed E-state index contributed by atoms with van der Waals surface area (Å²) in [5.41, 5.74) is 0.190. The van der Waals surface area contributed by atoms with Crippen LogP contribution in [0.3, 0.4) is 0 Å². The highest BCUT2D eigenvalue weighted by atomic mass is 16.5. The van der Waals surface area contributed by atoms with E-state index in [1.54, 1.807) is 0 Å². The van der Waals surface area contributed by atoms with Crippen LogP contribution in [0.1, 0.15) is 71.1 Å². The van der Waals surface area contributed by atoms with Crippen molar-refractivity contribution in [2.75, 3.05) is 13.7 Å². The third-order valence-corrected chi connectivity index (χ3v) is 5.20. The lowest BCUT2D eigenvalue weighted by atomic mass is 9.79. The van der Waals surface area contributed by atoms with Crippen LogP contribution in [0.15, 0.2) is 0 Å². The predicted molar refractivity (Wildman–Crippen MR) is 76.9 cm³/mol. The fourth-order valence-corrected chi connectivity index (χ4v) is 3.63. The number of rotatable bonds is 6. The van der Waals surface area contributed by atoms with Gasteiger partial charge in [-0.25, -0.2) is 0 Å². The lowest BCUT2D eigenvalue weighted by Gasteiger charge is -2.41. The molecule has 0 aromatic carbocycles. The van der Waals surface area contributed by atoms with Gasteiger partial charge in [0, 0.05) is 19.7 Å². The molecule has 0 aromatic heterocycles. The lowest BCUT2D eigenvalue weighted by Crippen LogP contribution is -2.50. The molecule has 0 spiro atoms. The molecule has 0 heterocycles. The molecule has 0 aliphatic heterocycles. The summed E-state index contributed by atoms with van der Waals surface area (Å²) in [6.07, 6.45) is 13.7. The van der Waals surface area contributed by atoms with E-state index >= 15 is 0 Å². The van der Waals surface area contributed by atoms with E-state index in [0.29, 0.717) is 0 Å². The average Bonchev–Trinajstić information content (AvgIpc) is 2.55. The van der Waals surface area contributed by atoms with E-state index in [1.165, 1.54) is 64.2 Å². The molecule has 2 unspecified atom stereocenters. The van der Waals surface area contributed by atoms with Gasteiger partial charge in [0.05, 0.1) is 5.60 Å². The van der Waals surface area contributed by atoms with E-state index < -0.39 is 0 Å². The predicted octanol–water partition coefficient (Wildman–Crippen LogP) is 3.89. The molecule has 2 rings (SSSR count). The summed E-state index contributed by atoms with van der Waals surface area (Å²) in [5, 5.41) is 3.79. The number of hydrogen-bond acceptors (Lipinski definition) is 2. The monoisotopic (exact) mass is 253 g/mol. The Bertz CT molecular complexity index is 232. The second-order valence-corrected chi connectivity index (χ2v) is 6.48. The van der Waals surface area contributed by atoms with Crippen molar-refractivity contribution >= 4 is 0 Å². The Labute approximate surface area is 113 Å². The van der Waals surface area contributed by atoms with Gasteiger partial charge in [-0.2, -0.15) is 0 Å². The number of nitrogens with one attached hydrogen (secondary N) is 1. The summed E-state index contributed by atoms with van der Waals surface area (Å²) in [6, 6.07) is 0.750. The zero-order chi connectivity index (χ0) is 12.8. The number of ether oxygens (including phenoxy) is 1. The normalized spacial score (nSPS) is 31.7. The van der Waals surface area contributed by atoms with Gasteiger partial charge in [0.1, 0.15) is 0 Å². The zero-order valence-corrected chi connectivity index (χ0v) is 12.3. The molecule has 106 valence electrons. The van der Waals surface area contributed by atoms with Crippen molar-refractivity contribution in [1.29, 1.82) is 0 Å². The topological polar surface area (TPSA) is 21.3 Å². The molecular weight excluding hydrogens is 222 g/mol. The summed E-state index contributed by atoms with van der Waals surface area (Å²) in [6.45, 7) is 3.40. The van der Waals surface area contributed by atoms with Crippen molar-refractivity contribution in [3.63, 3.8) is 0 Å². The number of hydrogen-bond donors (Lipinski definition) is 1. The highest BCUT2D eigenvalue weighted by Gasteiger charge is 2.37. The van der Waals surface area contributed by atoms with Gasteiger partial charge in [-0.05, 0) is 44.4 Å². The molecule has 2 nitrogen and oxygen atoms in total. The van der Waals surface area contributed by atoms with E-state index in [9.17, 15) is 0 Å². The highest BCUT2D eigenvalue weighted by Crippen LogP contribution is 2.35. The standard InChI is InChI=1S/C16H31NO/c1-3-6-14-7-4-8-15(10-9-14)17-13-16(18-2)11-5-12-16/h14-15,17H,3-13H2,1-2H3. The maximum absolute atomic E-state index is 5.69. The summed E-state index contributed by atoms with van der Waals surface area (Å²) >= 11 is 0. The molecule has 0 bridgehead atoms. The van der Waals surface area contributed by atoms with Gasteiger partial charge in [-0.1, -0.05) is 32.6 Å². The SMILES string of the molecule is CCCC1CCCC(NCC2(OC)CCC2)CC1. The second kappa shape index (κ2) is 6.91. The van der Waals surface area contributed by atoms with E-state index in [2.05, 4.69) is 12.2 Å². The van der Waals surface area contributed by atoms with Gasteiger partial charge in [-0.3, -0.25) is 0 Å². The van der Waals surface area contributed by atoms with Gasteiger partial charge in [0.2, 0.25) is 0 Å². The van der Waals surface area contributed by atoms with E-state index in [4.69, 9.17) is 4.74 Å². The molecule has 2 atom stereocenters. The van der Waals surface area contributed by atoms with Crippen LogP contribution in [0.4, 0.5) is 0 Å². The molecule has 18 heavy (non-hydrogen) atoms. The van der Waals surface area contributed by atoms with Crippen LogP contribution in [-0.2, 0) is 4.74 Å². The molecule has 2 heteroatoms. The molecule has 0 radical (unpaired) electrons. The zero-order valence-electron chi connectivity index (χ0n) is 12.3. The van der Waals surface area contributed by atoms with Crippen LogP contribution in [-0.4, -0.2) is 25.3 Å². The molecule has 2 saturated carbocycles. The van der Waals surface area contributed by atoms with E-state index in [1.807, 2.05) is 7.11 Å². The van der Waals surface area contributed by atoms with Gasteiger partial charge in [-0.15, -0.1) is 0 Å². The highest BCUT2D eigenvalue weighted by molar-refractivity contribution is 4.92. The van der Waals surface area contributed by atoms with Crippen molar-refractivity contribution in [2.45, 2.75) is 82.8 Å². The minimum absolute atomic E-state index is 0.190. The number of methoxy groups -OCH3 is 1. The smallest absolute Gasteiger partial charge is 0.0802 e. The Morgan fingerprint density at radius 2 is 1.94 bits per heavy atom. The summed E-state index contributed by atoms with van der Waals surface area (Å²) in [7, 11) is 1.88. The minimum atomic E-state index is 0.190. The quantitative estimate of drug-likeness (QED) is 0.725. The van der Waals surface area contributed by atoms with Crippen LogP contribution in [0.25, 0.3) is 0 Å². The third-order valence-electron chi connectivity index (χ3n) is 5.20. The van der Waals surface area contributed by atoms with Crippen molar-refractivity contribution in [3.8, 4) is 0 Å². The van der Waals surface area contributed by atoms with Crippen molar-refractivity contribution in [2.24, 2.45) is 5.92 Å². The van der Waals surface area contributed by atoms with Crippen LogP contribution in [0.5, 0.6) is 0 Å². The van der Waals surface area contributed by atoms with Crippen LogP contribution >= 0.6 is 0 Å². The molecule has 1 N–H and O–H groups in total. The summed E-state index contributed by atoms with van der Waals surface area (Å²) < 4.78 is 5.69. The van der Waals surface area contributed by atoms with Gasteiger partial charge >= 0.3 is 0 Å². The van der Waals surface area contributed by atoms with Crippen LogP contribution in [0, 0.1) is 5.92 Å². The Morgan fingerprint density at radius 3 is 2.56 bits per heavy atom. The lowest BCUT2D eigenvalue weighted by molar-refractivity contribution is -0.0710. The molecule has 0 aromatic rings. The van der Waals surface area contributed by atoms with E-state index in [-0.39, 0.29) is 5.60 Å². The summed E-state index contributed by atoms with van der Waals surface area (Å²) in [4.78, 5) is 0. The van der Waals surface area contributed by atoms with Gasteiger partial charge < -0.3 is 10.1 Å². The molecule has 0 amide bonds. The van der Waals surface area contributed by atoms with Crippen molar-refractivity contribution < 1.29 is 4.74 Å². The Hall–Kier alpha value is -0.0800. The Balaban J connectivity index is 1.70. The first-order valence-electron chi connectivity index (χ1n) is 8.06. The second-order valence-electron chi connectivity index (χ2n) is 6.48. The van der Waals surface area contributed by atoms with Gasteiger partial charge in [0.15, 0.2) is 0 Å². The van der Waals surface area contributed by atoms with Crippen molar-refractivity contribution in [3.05, 3.63) is 0 Å². The molecular formula is C16H31NO. The molecule has 0 saturated heterocycles. The largest absolute Gasteiger partial charge is 0.377 e. The first-order valence-corrected chi connectivity index (χ1v) is 8.06. The van der Waals surface area contributed by atoms with Crippen molar-refractivity contribution in [1.82, 2.24) is 5.32 Å². The Morgan fingerprint density at radius 1 is 1.11 bits per heavy atom. The molecule has 2 aliphatic carbocycles. The minimum Gasteiger partial charge on any atom is -0.377 e. The summed E-state index contributed by atoms with van der Waals surface area (Å²) in [5.74, 6) is 1.00.